The monoisotopic (exact) mass is 371 g/mol. The van der Waals surface area contributed by atoms with Crippen molar-refractivity contribution >= 4 is 34.1 Å². The molecule has 0 aliphatic rings. The van der Waals surface area contributed by atoms with Crippen LogP contribution < -0.4 is 5.32 Å². The maximum atomic E-state index is 12.4. The number of rotatable bonds is 7. The third-order valence-electron chi connectivity index (χ3n) is 3.36. The Balaban J connectivity index is 1.63. The van der Waals surface area contributed by atoms with Gasteiger partial charge in [0.25, 0.3) is 0 Å². The molecule has 2 aromatic heterocycles. The second-order valence-electron chi connectivity index (χ2n) is 5.21. The summed E-state index contributed by atoms with van der Waals surface area (Å²) in [4.78, 5) is 16.9. The number of benzene rings is 1. The molecule has 0 radical (unpaired) electrons. The van der Waals surface area contributed by atoms with Crippen LogP contribution in [-0.4, -0.2) is 30.9 Å². The predicted molar refractivity (Wildman–Crippen MR) is 102 cm³/mol. The number of nitrogens with one attached hydrogen (secondary N) is 1. The van der Waals surface area contributed by atoms with E-state index in [1.807, 2.05) is 47.2 Å². The summed E-state index contributed by atoms with van der Waals surface area (Å²) < 4.78 is 1.85. The SMILES string of the molecule is C=CCn1cnnc1S[C@H](C)C(=O)Nc1nc(-c2ccccc2)cs1. The Morgan fingerprint density at radius 2 is 2.24 bits per heavy atom. The molecule has 128 valence electrons. The molecule has 8 heteroatoms. The molecule has 1 atom stereocenters. The van der Waals surface area contributed by atoms with Crippen LogP contribution in [0.25, 0.3) is 11.3 Å². The molecule has 3 rings (SSSR count). The minimum Gasteiger partial charge on any atom is -0.305 e. The number of thiazole rings is 1. The van der Waals surface area contributed by atoms with Gasteiger partial charge < -0.3 is 9.88 Å². The fourth-order valence-electron chi connectivity index (χ4n) is 2.09. The van der Waals surface area contributed by atoms with Crippen molar-refractivity contribution in [3.8, 4) is 11.3 Å². The largest absolute Gasteiger partial charge is 0.305 e. The summed E-state index contributed by atoms with van der Waals surface area (Å²) in [6.07, 6.45) is 3.39. The van der Waals surface area contributed by atoms with E-state index in [0.29, 0.717) is 16.8 Å². The van der Waals surface area contributed by atoms with Gasteiger partial charge in [0.15, 0.2) is 10.3 Å². The number of thioether (sulfide) groups is 1. The lowest BCUT2D eigenvalue weighted by atomic mass is 10.2. The van der Waals surface area contributed by atoms with E-state index in [1.165, 1.54) is 23.1 Å². The van der Waals surface area contributed by atoms with E-state index in [9.17, 15) is 4.79 Å². The molecule has 6 nitrogen and oxygen atoms in total. The zero-order valence-electron chi connectivity index (χ0n) is 13.6. The number of carbonyl (C=O) groups excluding carboxylic acids is 1. The first-order valence-corrected chi connectivity index (χ1v) is 9.40. The Hall–Kier alpha value is -2.45. The van der Waals surface area contributed by atoms with Crippen molar-refractivity contribution in [2.24, 2.45) is 0 Å². The summed E-state index contributed by atoms with van der Waals surface area (Å²) in [5.74, 6) is -0.118. The topological polar surface area (TPSA) is 72.7 Å². The van der Waals surface area contributed by atoms with E-state index in [-0.39, 0.29) is 11.2 Å². The maximum Gasteiger partial charge on any atom is 0.239 e. The third kappa shape index (κ3) is 4.34. The number of hydrogen-bond acceptors (Lipinski definition) is 6. The van der Waals surface area contributed by atoms with Gasteiger partial charge in [0.2, 0.25) is 5.91 Å². The van der Waals surface area contributed by atoms with Gasteiger partial charge in [-0.05, 0) is 6.92 Å². The smallest absolute Gasteiger partial charge is 0.239 e. The van der Waals surface area contributed by atoms with Crippen LogP contribution in [0.1, 0.15) is 6.92 Å². The normalized spacial score (nSPS) is 11.9. The standard InChI is InChI=1S/C17H17N5OS2/c1-3-9-22-11-18-21-17(22)25-12(2)15(23)20-16-19-14(10-24-16)13-7-5-4-6-8-13/h3-8,10-12H,1,9H2,2H3,(H,19,20,23)/t12-/m1/s1. The Kier molecular flexibility index (Phi) is 5.62. The van der Waals surface area contributed by atoms with Crippen LogP contribution in [0.4, 0.5) is 5.13 Å². The molecule has 1 amide bonds. The first-order valence-electron chi connectivity index (χ1n) is 7.64. The minimum absolute atomic E-state index is 0.118. The van der Waals surface area contributed by atoms with Gasteiger partial charge in [0.05, 0.1) is 10.9 Å². The number of anilines is 1. The van der Waals surface area contributed by atoms with E-state index < -0.39 is 0 Å². The number of nitrogens with zero attached hydrogens (tertiary/aromatic N) is 4. The highest BCUT2D eigenvalue weighted by molar-refractivity contribution is 8.00. The molecule has 1 aromatic carbocycles. The number of carbonyl (C=O) groups is 1. The van der Waals surface area contributed by atoms with Gasteiger partial charge in [-0.2, -0.15) is 0 Å². The summed E-state index contributed by atoms with van der Waals surface area (Å²) in [7, 11) is 0. The molecule has 0 unspecified atom stereocenters. The molecule has 3 aromatic rings. The second-order valence-corrected chi connectivity index (χ2v) is 7.37. The Morgan fingerprint density at radius 3 is 3.00 bits per heavy atom. The Bertz CT molecular complexity index is 859. The Labute approximate surface area is 154 Å². The predicted octanol–water partition coefficient (Wildman–Crippen LogP) is 3.71. The minimum atomic E-state index is -0.322. The number of hydrogen-bond donors (Lipinski definition) is 1. The number of allylic oxidation sites excluding steroid dienone is 1. The molecule has 1 N–H and O–H groups in total. The van der Waals surface area contributed by atoms with Crippen molar-refractivity contribution in [3.05, 3.63) is 54.7 Å². The highest BCUT2D eigenvalue weighted by Crippen LogP contribution is 2.26. The second kappa shape index (κ2) is 8.09. The average molecular weight is 371 g/mol. The molecule has 0 saturated carbocycles. The molecule has 0 saturated heterocycles. The average Bonchev–Trinajstić information content (AvgIpc) is 3.26. The summed E-state index contributed by atoms with van der Waals surface area (Å²) in [5, 5.41) is 13.7. The van der Waals surface area contributed by atoms with Crippen molar-refractivity contribution in [1.82, 2.24) is 19.7 Å². The van der Waals surface area contributed by atoms with Gasteiger partial charge in [-0.15, -0.1) is 28.1 Å². The molecule has 0 aliphatic carbocycles. The van der Waals surface area contributed by atoms with Crippen molar-refractivity contribution < 1.29 is 4.79 Å². The summed E-state index contributed by atoms with van der Waals surface area (Å²) >= 11 is 2.76. The maximum absolute atomic E-state index is 12.4. The molecule has 0 aliphatic heterocycles. The lowest BCUT2D eigenvalue weighted by Gasteiger charge is -2.10. The quantitative estimate of drug-likeness (QED) is 0.506. The highest BCUT2D eigenvalue weighted by atomic mass is 32.2. The number of amides is 1. The van der Waals surface area contributed by atoms with Crippen LogP contribution in [0, 0.1) is 0 Å². The van der Waals surface area contributed by atoms with Crippen LogP contribution in [0.3, 0.4) is 0 Å². The zero-order valence-corrected chi connectivity index (χ0v) is 15.3. The molecular weight excluding hydrogens is 354 g/mol. The summed E-state index contributed by atoms with van der Waals surface area (Å²) in [6, 6.07) is 9.87. The molecular formula is C17H17N5OS2. The van der Waals surface area contributed by atoms with Crippen LogP contribution in [0.5, 0.6) is 0 Å². The highest BCUT2D eigenvalue weighted by Gasteiger charge is 2.19. The lowest BCUT2D eigenvalue weighted by Crippen LogP contribution is -2.22. The van der Waals surface area contributed by atoms with Crippen molar-refractivity contribution in [2.45, 2.75) is 23.9 Å². The fraction of sp³-hybridized carbons (Fsp3) is 0.176. The van der Waals surface area contributed by atoms with Crippen molar-refractivity contribution in [2.75, 3.05) is 5.32 Å². The van der Waals surface area contributed by atoms with E-state index in [0.717, 1.165) is 11.3 Å². The Morgan fingerprint density at radius 1 is 1.44 bits per heavy atom. The van der Waals surface area contributed by atoms with Crippen LogP contribution in [0.15, 0.2) is 59.9 Å². The van der Waals surface area contributed by atoms with Gasteiger partial charge in [-0.3, -0.25) is 4.79 Å². The third-order valence-corrected chi connectivity index (χ3v) is 5.21. The summed E-state index contributed by atoms with van der Waals surface area (Å²) in [5.41, 5.74) is 1.88. The molecule has 0 spiro atoms. The van der Waals surface area contributed by atoms with Crippen LogP contribution in [-0.2, 0) is 11.3 Å². The number of aromatic nitrogens is 4. The van der Waals surface area contributed by atoms with Crippen LogP contribution >= 0.6 is 23.1 Å². The molecule has 2 heterocycles. The van der Waals surface area contributed by atoms with E-state index in [4.69, 9.17) is 0 Å². The van der Waals surface area contributed by atoms with Gasteiger partial charge in [0.1, 0.15) is 6.33 Å². The zero-order chi connectivity index (χ0) is 17.6. The van der Waals surface area contributed by atoms with Crippen LogP contribution in [0.2, 0.25) is 0 Å². The first-order chi connectivity index (χ1) is 12.2. The summed E-state index contributed by atoms with van der Waals surface area (Å²) in [6.45, 7) is 6.14. The van der Waals surface area contributed by atoms with E-state index >= 15 is 0 Å². The molecule has 0 bridgehead atoms. The van der Waals surface area contributed by atoms with E-state index in [2.05, 4.69) is 27.1 Å². The van der Waals surface area contributed by atoms with Crippen molar-refractivity contribution in [1.29, 1.82) is 0 Å². The molecule has 25 heavy (non-hydrogen) atoms. The molecule has 0 fully saturated rings. The van der Waals surface area contributed by atoms with Gasteiger partial charge in [0, 0.05) is 17.5 Å². The van der Waals surface area contributed by atoms with Gasteiger partial charge in [-0.1, -0.05) is 48.2 Å². The lowest BCUT2D eigenvalue weighted by molar-refractivity contribution is -0.115. The first kappa shape index (κ1) is 17.4. The van der Waals surface area contributed by atoms with Gasteiger partial charge in [-0.25, -0.2) is 4.98 Å². The van der Waals surface area contributed by atoms with Gasteiger partial charge >= 0.3 is 0 Å². The fourth-order valence-corrected chi connectivity index (χ4v) is 3.65. The van der Waals surface area contributed by atoms with E-state index in [1.54, 1.807) is 12.4 Å². The van der Waals surface area contributed by atoms with Crippen molar-refractivity contribution in [3.63, 3.8) is 0 Å².